The number of hydrogen-bond donors (Lipinski definition) is 2. The van der Waals surface area contributed by atoms with Crippen molar-refractivity contribution >= 4 is 29.8 Å². The number of ether oxygens (including phenoxy) is 2. The highest BCUT2D eigenvalue weighted by Gasteiger charge is 2.35. The van der Waals surface area contributed by atoms with Crippen molar-refractivity contribution < 1.29 is 19.1 Å². The fourth-order valence-electron chi connectivity index (χ4n) is 5.19. The highest BCUT2D eigenvalue weighted by atomic mass is 16.5. The number of fused-ring (bicyclic) bond motifs is 1. The van der Waals surface area contributed by atoms with Gasteiger partial charge in [0, 0.05) is 43.5 Å². The molecule has 2 aliphatic rings. The van der Waals surface area contributed by atoms with Crippen molar-refractivity contribution in [2.24, 2.45) is 21.9 Å². The van der Waals surface area contributed by atoms with E-state index in [-0.39, 0.29) is 18.6 Å². The fourth-order valence-corrected chi connectivity index (χ4v) is 5.19. The summed E-state index contributed by atoms with van der Waals surface area (Å²) in [5.41, 5.74) is 4.63. The first-order valence-corrected chi connectivity index (χ1v) is 13.9. The van der Waals surface area contributed by atoms with Crippen molar-refractivity contribution in [3.8, 4) is 5.75 Å². The second kappa shape index (κ2) is 14.4. The van der Waals surface area contributed by atoms with E-state index >= 15 is 0 Å². The van der Waals surface area contributed by atoms with E-state index in [0.717, 1.165) is 55.9 Å². The molecule has 4 rings (SSSR count). The van der Waals surface area contributed by atoms with Crippen LogP contribution < -0.4 is 15.9 Å². The first-order chi connectivity index (χ1) is 19.5. The summed E-state index contributed by atoms with van der Waals surface area (Å²) in [5, 5.41) is 6.87. The summed E-state index contributed by atoms with van der Waals surface area (Å²) in [4.78, 5) is 30.5. The normalized spacial score (nSPS) is 16.7. The zero-order valence-electron chi connectivity index (χ0n) is 23.2. The van der Waals surface area contributed by atoms with E-state index in [0.29, 0.717) is 42.1 Å². The van der Waals surface area contributed by atoms with Gasteiger partial charge in [0.2, 0.25) is 0 Å². The monoisotopic (exact) mass is 545 g/mol. The molecule has 0 radical (unpaired) electrons. The third-order valence-corrected chi connectivity index (χ3v) is 7.63. The Labute approximate surface area is 236 Å². The summed E-state index contributed by atoms with van der Waals surface area (Å²) >= 11 is 0. The molecule has 0 aromatic heterocycles. The molecular formula is C31H39N5O4. The second-order valence-corrected chi connectivity index (χ2v) is 10.2. The first-order valence-electron chi connectivity index (χ1n) is 13.9. The number of nitrogens with one attached hydrogen (secondary N) is 1. The minimum Gasteiger partial charge on any atom is -0.487 e. The van der Waals surface area contributed by atoms with Crippen LogP contribution in [0.3, 0.4) is 0 Å². The van der Waals surface area contributed by atoms with Crippen LogP contribution >= 0.6 is 0 Å². The first kappa shape index (κ1) is 29.0. The van der Waals surface area contributed by atoms with Crippen LogP contribution in [-0.2, 0) is 22.5 Å². The molecule has 1 unspecified atom stereocenters. The molecule has 0 bridgehead atoms. The van der Waals surface area contributed by atoms with Gasteiger partial charge in [0.05, 0.1) is 24.5 Å². The van der Waals surface area contributed by atoms with Crippen molar-refractivity contribution in [2.75, 3.05) is 26.9 Å². The van der Waals surface area contributed by atoms with Crippen molar-refractivity contribution in [3.05, 3.63) is 71.4 Å². The van der Waals surface area contributed by atoms with Gasteiger partial charge in [-0.3, -0.25) is 9.79 Å². The largest absolute Gasteiger partial charge is 0.487 e. The molecule has 2 aliphatic heterocycles. The van der Waals surface area contributed by atoms with Gasteiger partial charge in [-0.1, -0.05) is 24.8 Å². The van der Waals surface area contributed by atoms with E-state index in [2.05, 4.69) is 34.1 Å². The number of carbonyl (C=O) groups excluding carboxylic acids is 2. The van der Waals surface area contributed by atoms with Crippen molar-refractivity contribution in [1.82, 2.24) is 10.2 Å². The molecule has 2 aromatic carbocycles. The molecule has 1 saturated heterocycles. The molecule has 0 aliphatic carbocycles. The fraction of sp³-hybridized carbons (Fsp3) is 0.419. The summed E-state index contributed by atoms with van der Waals surface area (Å²) in [5.74, 6) is 6.85. The lowest BCUT2D eigenvalue weighted by Crippen LogP contribution is -2.40. The zero-order chi connectivity index (χ0) is 28.3. The molecule has 2 heterocycles. The summed E-state index contributed by atoms with van der Waals surface area (Å²) in [6, 6.07) is 13.3. The lowest BCUT2D eigenvalue weighted by Gasteiger charge is -2.29. The van der Waals surface area contributed by atoms with E-state index in [4.69, 9.17) is 15.3 Å². The second-order valence-electron chi connectivity index (χ2n) is 10.2. The average Bonchev–Trinajstić information content (AvgIpc) is 3.33. The van der Waals surface area contributed by atoms with Crippen LogP contribution in [0.4, 0.5) is 5.69 Å². The van der Waals surface area contributed by atoms with Crippen LogP contribution in [0.1, 0.15) is 53.6 Å². The van der Waals surface area contributed by atoms with Crippen molar-refractivity contribution in [3.63, 3.8) is 0 Å². The molecule has 1 fully saturated rings. The topological polar surface area (TPSA) is 119 Å². The lowest BCUT2D eigenvalue weighted by molar-refractivity contribution is -0.108. The highest BCUT2D eigenvalue weighted by molar-refractivity contribution is 6.31. The zero-order valence-corrected chi connectivity index (χ0v) is 23.2. The quantitative estimate of drug-likeness (QED) is 0.159. The van der Waals surface area contributed by atoms with Crippen LogP contribution in [0.15, 0.2) is 64.8 Å². The molecule has 40 heavy (non-hydrogen) atoms. The Hall–Kier alpha value is -3.98. The van der Waals surface area contributed by atoms with Gasteiger partial charge in [-0.2, -0.15) is 5.10 Å². The number of hydrazone groups is 1. The van der Waals surface area contributed by atoms with E-state index in [1.807, 2.05) is 18.2 Å². The minimum atomic E-state index is -0.301. The average molecular weight is 546 g/mol. The van der Waals surface area contributed by atoms with Crippen LogP contribution in [0.25, 0.3) is 0 Å². The molecule has 2 aromatic rings. The minimum absolute atomic E-state index is 0.103. The van der Waals surface area contributed by atoms with E-state index in [1.54, 1.807) is 30.3 Å². The molecule has 1 amide bonds. The molecule has 1 atom stereocenters. The number of nitrogens with two attached hydrogens (primary N) is 1. The van der Waals surface area contributed by atoms with Crippen LogP contribution in [0.2, 0.25) is 0 Å². The maximum absolute atomic E-state index is 13.2. The Kier molecular flexibility index (Phi) is 10.5. The Balaban J connectivity index is 1.35. The van der Waals surface area contributed by atoms with E-state index in [1.165, 1.54) is 12.0 Å². The van der Waals surface area contributed by atoms with Gasteiger partial charge >= 0.3 is 0 Å². The van der Waals surface area contributed by atoms with Gasteiger partial charge in [-0.15, -0.1) is 0 Å². The van der Waals surface area contributed by atoms with Gasteiger partial charge in [-0.25, -0.2) is 0 Å². The Morgan fingerprint density at radius 1 is 1.25 bits per heavy atom. The number of carbonyl (C=O) groups is 2. The number of hydrogen-bond acceptors (Lipinski definition) is 8. The summed E-state index contributed by atoms with van der Waals surface area (Å²) in [6.07, 6.45) is 7.84. The number of rotatable bonds is 14. The third-order valence-electron chi connectivity index (χ3n) is 7.63. The molecule has 0 spiro atoms. The Morgan fingerprint density at radius 2 is 2.02 bits per heavy atom. The summed E-state index contributed by atoms with van der Waals surface area (Å²) in [6.45, 7) is 6.26. The Morgan fingerprint density at radius 3 is 2.73 bits per heavy atom. The lowest BCUT2D eigenvalue weighted by atomic mass is 9.93. The van der Waals surface area contributed by atoms with Gasteiger partial charge in [-0.05, 0) is 67.9 Å². The molecule has 212 valence electrons. The summed E-state index contributed by atoms with van der Waals surface area (Å²) in [7, 11) is 1.76. The molecular weight excluding hydrogens is 506 g/mol. The highest BCUT2D eigenvalue weighted by Crippen LogP contribution is 2.34. The number of amides is 1. The molecule has 3 N–H and O–H groups in total. The Bertz CT molecular complexity index is 1230. The number of nitrogens with zero attached hydrogens (tertiary/aromatic N) is 3. The van der Waals surface area contributed by atoms with Crippen molar-refractivity contribution in [1.29, 1.82) is 0 Å². The standard InChI is InChI=1S/C31H39N5O4/c1-22(33-2)29(6-4-16-37)36-20-28-27(31(36)38)5-3-7-30(28)40-21-26(35-32)19-34-25-12-10-23(11-13-25)8-9-24-14-17-39-18-15-24/h3,5,7,10-13,16,19,24,29,33H,1,4,6,8-9,14-15,17-18,20-21,32H2,2H3. The van der Waals surface area contributed by atoms with E-state index < -0.39 is 0 Å². The van der Waals surface area contributed by atoms with Gasteiger partial charge < -0.3 is 30.3 Å². The van der Waals surface area contributed by atoms with Crippen LogP contribution in [-0.4, -0.2) is 61.9 Å². The maximum Gasteiger partial charge on any atom is 0.255 e. The third kappa shape index (κ3) is 7.35. The SMILES string of the molecule is C=C(NC)C(CCC=O)N1Cc2c(OCC(C=Nc3ccc(CCC4CCOCC4)cc3)=NN)cccc2C1=O. The van der Waals surface area contributed by atoms with Crippen LogP contribution in [0, 0.1) is 5.92 Å². The van der Waals surface area contributed by atoms with Crippen LogP contribution in [0.5, 0.6) is 5.75 Å². The molecule has 9 heteroatoms. The molecule has 0 saturated carbocycles. The number of aliphatic imine (C=N–C) groups is 1. The number of aldehydes is 1. The van der Waals surface area contributed by atoms with Gasteiger partial charge in [0.25, 0.3) is 5.91 Å². The summed E-state index contributed by atoms with van der Waals surface area (Å²) < 4.78 is 11.5. The molecule has 9 nitrogen and oxygen atoms in total. The smallest absolute Gasteiger partial charge is 0.255 e. The van der Waals surface area contributed by atoms with Gasteiger partial charge in [0.1, 0.15) is 24.4 Å². The maximum atomic E-state index is 13.2. The van der Waals surface area contributed by atoms with E-state index in [9.17, 15) is 9.59 Å². The number of likely N-dealkylation sites (N-methyl/N-ethyl adjacent to an activating group) is 1. The predicted molar refractivity (Wildman–Crippen MR) is 157 cm³/mol. The number of benzene rings is 2. The predicted octanol–water partition coefficient (Wildman–Crippen LogP) is 4.18. The van der Waals surface area contributed by atoms with Gasteiger partial charge in [0.15, 0.2) is 0 Å². The van der Waals surface area contributed by atoms with Crippen molar-refractivity contribution in [2.45, 2.75) is 51.1 Å². The number of aryl methyl sites for hydroxylation is 1.